The maximum Gasteiger partial charge on any atom is 0.149 e. The molecule has 7 heteroatoms. The molecule has 3 saturated heterocycles. The normalized spacial score (nSPS) is 34.4. The molecule has 37 heavy (non-hydrogen) atoms. The first-order valence-electron chi connectivity index (χ1n) is 12.5. The summed E-state index contributed by atoms with van der Waals surface area (Å²) in [6.45, 7) is 6.27. The lowest BCUT2D eigenvalue weighted by molar-refractivity contribution is -0.138. The van der Waals surface area contributed by atoms with Crippen LogP contribution in [0.25, 0.3) is 0 Å². The van der Waals surface area contributed by atoms with Crippen LogP contribution in [-0.2, 0) is 31.0 Å². The van der Waals surface area contributed by atoms with Crippen molar-refractivity contribution < 1.29 is 28.4 Å². The zero-order valence-corrected chi connectivity index (χ0v) is 22.1. The molecule has 194 valence electrons. The fourth-order valence-electron chi connectivity index (χ4n) is 6.04. The second kappa shape index (κ2) is 8.46. The van der Waals surface area contributed by atoms with E-state index in [0.29, 0.717) is 0 Å². The van der Waals surface area contributed by atoms with Gasteiger partial charge in [0.15, 0.2) is 0 Å². The minimum atomic E-state index is -0.780. The van der Waals surface area contributed by atoms with E-state index < -0.39 is 35.5 Å². The molecule has 3 aliphatic heterocycles. The monoisotopic (exact) mass is 503 g/mol. The van der Waals surface area contributed by atoms with Gasteiger partial charge < -0.3 is 28.4 Å². The van der Waals surface area contributed by atoms with E-state index in [9.17, 15) is 0 Å². The fraction of sp³-hybridized carbons (Fsp3) is 0.400. The SMILES string of the molecule is COc1cccc([C@]2(C)O[C@@H]3N4[C@H]2O[C@@](C)(c2cccc(OC)c2)[C@@H]4O[C@@]3(C)c2cccc(OC)c2)c1. The van der Waals surface area contributed by atoms with E-state index in [1.54, 1.807) is 21.3 Å². The Morgan fingerprint density at radius 2 is 0.838 bits per heavy atom. The lowest BCUT2D eigenvalue weighted by Gasteiger charge is -2.33. The third-order valence-electron chi connectivity index (χ3n) is 8.22. The summed E-state index contributed by atoms with van der Waals surface area (Å²) in [5, 5.41) is 0. The van der Waals surface area contributed by atoms with Gasteiger partial charge in [0, 0.05) is 0 Å². The summed E-state index contributed by atoms with van der Waals surface area (Å²) in [5.41, 5.74) is 0.599. The van der Waals surface area contributed by atoms with Crippen molar-refractivity contribution >= 4 is 0 Å². The molecule has 3 aliphatic rings. The maximum atomic E-state index is 6.96. The summed E-state index contributed by atoms with van der Waals surface area (Å²) >= 11 is 0. The third-order valence-corrected chi connectivity index (χ3v) is 8.22. The number of hydrogen-bond donors (Lipinski definition) is 0. The Bertz CT molecular complexity index is 1170. The Balaban J connectivity index is 1.51. The second-order valence-corrected chi connectivity index (χ2v) is 10.4. The van der Waals surface area contributed by atoms with Crippen molar-refractivity contribution in [2.75, 3.05) is 21.3 Å². The van der Waals surface area contributed by atoms with E-state index in [4.69, 9.17) is 28.4 Å². The number of ether oxygens (including phenoxy) is 6. The largest absolute Gasteiger partial charge is 0.497 e. The van der Waals surface area contributed by atoms with Gasteiger partial charge in [0.2, 0.25) is 0 Å². The van der Waals surface area contributed by atoms with Gasteiger partial charge in [-0.15, -0.1) is 0 Å². The van der Waals surface area contributed by atoms with Crippen LogP contribution in [-0.4, -0.2) is 44.9 Å². The Hall–Kier alpha value is -3.10. The average Bonchev–Trinajstić information content (AvgIpc) is 3.53. The van der Waals surface area contributed by atoms with Crippen LogP contribution in [0.4, 0.5) is 0 Å². The van der Waals surface area contributed by atoms with E-state index in [2.05, 4.69) is 43.9 Å². The van der Waals surface area contributed by atoms with Gasteiger partial charge in [0.25, 0.3) is 0 Å². The Morgan fingerprint density at radius 3 is 1.11 bits per heavy atom. The zero-order chi connectivity index (χ0) is 26.0. The minimum absolute atomic E-state index is 0.404. The lowest BCUT2D eigenvalue weighted by Crippen LogP contribution is -2.40. The van der Waals surface area contributed by atoms with E-state index in [0.717, 1.165) is 33.9 Å². The first-order chi connectivity index (χ1) is 17.8. The third kappa shape index (κ3) is 3.42. The average molecular weight is 504 g/mol. The highest BCUT2D eigenvalue weighted by Crippen LogP contribution is 2.62. The quantitative estimate of drug-likeness (QED) is 0.462. The molecule has 0 bridgehead atoms. The van der Waals surface area contributed by atoms with Gasteiger partial charge in [-0.2, -0.15) is 0 Å². The second-order valence-electron chi connectivity index (χ2n) is 10.4. The Kier molecular flexibility index (Phi) is 5.55. The van der Waals surface area contributed by atoms with Crippen LogP contribution in [0.1, 0.15) is 37.5 Å². The molecule has 0 unspecified atom stereocenters. The van der Waals surface area contributed by atoms with Crippen molar-refractivity contribution in [3.63, 3.8) is 0 Å². The van der Waals surface area contributed by atoms with Gasteiger partial charge in [-0.25, -0.2) is 4.90 Å². The maximum absolute atomic E-state index is 6.96. The molecule has 6 rings (SSSR count). The van der Waals surface area contributed by atoms with Crippen molar-refractivity contribution in [1.29, 1.82) is 0 Å². The molecule has 3 aromatic carbocycles. The molecular formula is C30H33NO6. The smallest absolute Gasteiger partial charge is 0.149 e. The van der Waals surface area contributed by atoms with Crippen molar-refractivity contribution in [1.82, 2.24) is 4.90 Å². The topological polar surface area (TPSA) is 58.6 Å². The molecule has 0 N–H and O–H groups in total. The van der Waals surface area contributed by atoms with E-state index in [-0.39, 0.29) is 0 Å². The van der Waals surface area contributed by atoms with E-state index >= 15 is 0 Å². The Labute approximate surface area is 217 Å². The van der Waals surface area contributed by atoms with Gasteiger partial charge in [-0.05, 0) is 73.9 Å². The summed E-state index contributed by atoms with van der Waals surface area (Å²) in [6, 6.07) is 24.0. The predicted octanol–water partition coefficient (Wildman–Crippen LogP) is 5.13. The molecule has 3 aromatic rings. The highest BCUT2D eigenvalue weighted by Gasteiger charge is 2.73. The van der Waals surface area contributed by atoms with E-state index in [1.165, 1.54) is 0 Å². The number of rotatable bonds is 6. The molecule has 6 atom stereocenters. The molecule has 0 aromatic heterocycles. The summed E-state index contributed by atoms with van der Waals surface area (Å²) in [6.07, 6.45) is -1.21. The number of methoxy groups -OCH3 is 3. The fourth-order valence-corrected chi connectivity index (χ4v) is 6.04. The van der Waals surface area contributed by atoms with Crippen LogP contribution < -0.4 is 14.2 Å². The highest BCUT2D eigenvalue weighted by atomic mass is 16.7. The highest BCUT2D eigenvalue weighted by molar-refractivity contribution is 5.40. The van der Waals surface area contributed by atoms with Crippen LogP contribution in [0.5, 0.6) is 17.2 Å². The first kappa shape index (κ1) is 24.2. The standard InChI is InChI=1S/C30H33NO6/c1-28(19-10-7-13-22(16-19)32-4)25-31-26(35-28)29(2,20-11-8-14-23(17-20)33-5)37-27(31)30(3,36-25)21-12-9-15-24(18-21)34-6/h7-18,25-27H,1-6H3/t25-,26-,27-,28-,29-,30-/m0/s1. The number of benzene rings is 3. The van der Waals surface area contributed by atoms with Gasteiger partial charge in [-0.1, -0.05) is 36.4 Å². The number of nitrogens with zero attached hydrogens (tertiary/aromatic N) is 1. The molecule has 7 nitrogen and oxygen atoms in total. The van der Waals surface area contributed by atoms with Crippen molar-refractivity contribution in [2.45, 2.75) is 56.3 Å². The molecule has 0 aliphatic carbocycles. The molecule has 3 heterocycles. The van der Waals surface area contributed by atoms with Gasteiger partial charge >= 0.3 is 0 Å². The molecular weight excluding hydrogens is 470 g/mol. The van der Waals surface area contributed by atoms with Crippen LogP contribution in [0, 0.1) is 0 Å². The molecule has 3 fully saturated rings. The van der Waals surface area contributed by atoms with Gasteiger partial charge in [-0.3, -0.25) is 0 Å². The summed E-state index contributed by atoms with van der Waals surface area (Å²) in [4.78, 5) is 2.25. The van der Waals surface area contributed by atoms with E-state index in [1.807, 2.05) is 54.6 Å². The number of hydrogen-bond acceptors (Lipinski definition) is 7. The summed E-state index contributed by atoms with van der Waals surface area (Å²) < 4.78 is 37.5. The molecule has 0 amide bonds. The van der Waals surface area contributed by atoms with Crippen molar-refractivity contribution in [3.8, 4) is 17.2 Å². The molecule has 0 spiro atoms. The van der Waals surface area contributed by atoms with Crippen LogP contribution >= 0.6 is 0 Å². The van der Waals surface area contributed by atoms with Crippen LogP contribution in [0.2, 0.25) is 0 Å². The van der Waals surface area contributed by atoms with Crippen LogP contribution in [0.15, 0.2) is 72.8 Å². The summed E-state index contributed by atoms with van der Waals surface area (Å²) in [5.74, 6) is 2.31. The van der Waals surface area contributed by atoms with Gasteiger partial charge in [0.05, 0.1) is 21.3 Å². The first-order valence-corrected chi connectivity index (χ1v) is 12.5. The van der Waals surface area contributed by atoms with Crippen molar-refractivity contribution in [2.24, 2.45) is 0 Å². The summed E-state index contributed by atoms with van der Waals surface area (Å²) in [7, 11) is 5.01. The minimum Gasteiger partial charge on any atom is -0.497 e. The molecule has 0 saturated carbocycles. The Morgan fingerprint density at radius 1 is 0.541 bits per heavy atom. The zero-order valence-electron chi connectivity index (χ0n) is 22.1. The van der Waals surface area contributed by atoms with Crippen molar-refractivity contribution in [3.05, 3.63) is 89.5 Å². The van der Waals surface area contributed by atoms with Gasteiger partial charge in [0.1, 0.15) is 52.7 Å². The molecule has 0 radical (unpaired) electrons. The predicted molar refractivity (Wildman–Crippen MR) is 137 cm³/mol. The lowest BCUT2D eigenvalue weighted by atomic mass is 9.93. The van der Waals surface area contributed by atoms with Crippen LogP contribution in [0.3, 0.4) is 0 Å².